The first-order valence-corrected chi connectivity index (χ1v) is 3.09. The van der Waals surface area contributed by atoms with Crippen molar-refractivity contribution in [1.29, 1.82) is 0 Å². The van der Waals surface area contributed by atoms with E-state index in [1.165, 1.54) is 0 Å². The summed E-state index contributed by atoms with van der Waals surface area (Å²) in [6, 6.07) is 7.56. The van der Waals surface area contributed by atoms with Crippen LogP contribution in [0.1, 0.15) is 0 Å². The second kappa shape index (κ2) is 8.36. The molecular formula is C8H12BrMgN. The standard InChI is InChI=1S/C6H6BrN.2CH3.Mg/c7-5-2-1-3-6(8)4-5;;;/h1-4H,8H2;2*1H3;/q;2*-1;+2. The molecule has 0 bridgehead atoms. The first kappa shape index (κ1) is 17.4. The Balaban J connectivity index is -0.000000213. The number of nitrogen functional groups attached to an aromatic ring is 1. The van der Waals surface area contributed by atoms with Crippen molar-refractivity contribution in [3.05, 3.63) is 43.6 Å². The van der Waals surface area contributed by atoms with Crippen LogP contribution in [0.2, 0.25) is 0 Å². The van der Waals surface area contributed by atoms with E-state index in [2.05, 4.69) is 15.9 Å². The predicted octanol–water partition coefficient (Wildman–Crippen LogP) is 2.55. The van der Waals surface area contributed by atoms with Gasteiger partial charge in [0.25, 0.3) is 0 Å². The van der Waals surface area contributed by atoms with Gasteiger partial charge < -0.3 is 20.6 Å². The summed E-state index contributed by atoms with van der Waals surface area (Å²) in [6.45, 7) is 0. The molecular weight excluding hydrogens is 214 g/mol. The monoisotopic (exact) mass is 225 g/mol. The van der Waals surface area contributed by atoms with Crippen LogP contribution in [0, 0.1) is 14.9 Å². The fourth-order valence-electron chi connectivity index (χ4n) is 0.507. The third-order valence-corrected chi connectivity index (χ3v) is 1.34. The van der Waals surface area contributed by atoms with Crippen molar-refractivity contribution in [2.24, 2.45) is 0 Å². The minimum Gasteiger partial charge on any atom is -0.399 e. The van der Waals surface area contributed by atoms with E-state index in [1.807, 2.05) is 24.3 Å². The van der Waals surface area contributed by atoms with Gasteiger partial charge in [0.15, 0.2) is 0 Å². The molecule has 0 aliphatic carbocycles. The molecule has 0 amide bonds. The van der Waals surface area contributed by atoms with Gasteiger partial charge in [-0.1, -0.05) is 22.0 Å². The molecule has 1 nitrogen and oxygen atoms in total. The first-order valence-electron chi connectivity index (χ1n) is 2.30. The molecule has 1 rings (SSSR count). The molecule has 0 aliphatic heterocycles. The Kier molecular flexibility index (Phi) is 13.2. The Morgan fingerprint density at radius 3 is 2.00 bits per heavy atom. The number of anilines is 1. The Bertz CT molecular complexity index is 174. The Morgan fingerprint density at radius 2 is 1.73 bits per heavy atom. The molecule has 0 spiro atoms. The van der Waals surface area contributed by atoms with E-state index in [0.29, 0.717) is 0 Å². The summed E-state index contributed by atoms with van der Waals surface area (Å²) in [4.78, 5) is 0. The average Bonchev–Trinajstić information content (AvgIpc) is 1.64. The van der Waals surface area contributed by atoms with Gasteiger partial charge in [0.05, 0.1) is 0 Å². The van der Waals surface area contributed by atoms with E-state index in [1.54, 1.807) is 0 Å². The van der Waals surface area contributed by atoms with E-state index in [-0.39, 0.29) is 37.9 Å². The number of benzene rings is 1. The Morgan fingerprint density at radius 1 is 1.18 bits per heavy atom. The molecule has 0 unspecified atom stereocenters. The third kappa shape index (κ3) is 6.66. The minimum absolute atomic E-state index is 0. The maximum atomic E-state index is 5.43. The fraction of sp³-hybridized carbons (Fsp3) is 0. The Labute approximate surface area is 93.7 Å². The number of halogens is 1. The molecule has 0 heterocycles. The van der Waals surface area contributed by atoms with Crippen molar-refractivity contribution in [2.75, 3.05) is 5.73 Å². The zero-order chi connectivity index (χ0) is 5.98. The summed E-state index contributed by atoms with van der Waals surface area (Å²) in [5, 5.41) is 0. The summed E-state index contributed by atoms with van der Waals surface area (Å²) < 4.78 is 1.03. The number of hydrogen-bond donors (Lipinski definition) is 1. The van der Waals surface area contributed by atoms with E-state index < -0.39 is 0 Å². The van der Waals surface area contributed by atoms with Crippen LogP contribution < -0.4 is 5.73 Å². The van der Waals surface area contributed by atoms with Gasteiger partial charge in [-0.25, -0.2) is 0 Å². The van der Waals surface area contributed by atoms with Crippen LogP contribution in [0.3, 0.4) is 0 Å². The molecule has 0 saturated carbocycles. The molecule has 3 heteroatoms. The van der Waals surface area contributed by atoms with Crippen molar-refractivity contribution in [3.8, 4) is 0 Å². The molecule has 58 valence electrons. The first-order chi connectivity index (χ1) is 3.79. The molecule has 0 aromatic heterocycles. The van der Waals surface area contributed by atoms with Crippen LogP contribution in [0.15, 0.2) is 28.7 Å². The van der Waals surface area contributed by atoms with Crippen molar-refractivity contribution < 1.29 is 0 Å². The molecule has 1 aromatic carbocycles. The molecule has 0 atom stereocenters. The normalized spacial score (nSPS) is 6.64. The summed E-state index contributed by atoms with van der Waals surface area (Å²) in [5.74, 6) is 0. The van der Waals surface area contributed by atoms with Crippen LogP contribution in [0.5, 0.6) is 0 Å². The van der Waals surface area contributed by atoms with Crippen LogP contribution >= 0.6 is 15.9 Å². The average molecular weight is 226 g/mol. The summed E-state index contributed by atoms with van der Waals surface area (Å²) in [7, 11) is 0. The smallest absolute Gasteiger partial charge is 0.399 e. The van der Waals surface area contributed by atoms with Gasteiger partial charge in [-0.3, -0.25) is 0 Å². The van der Waals surface area contributed by atoms with Crippen molar-refractivity contribution in [3.63, 3.8) is 0 Å². The van der Waals surface area contributed by atoms with E-state index in [9.17, 15) is 0 Å². The molecule has 0 saturated heterocycles. The minimum atomic E-state index is 0. The zero-order valence-electron chi connectivity index (χ0n) is 6.97. The Hall–Kier alpha value is 0.266. The van der Waals surface area contributed by atoms with Crippen molar-refractivity contribution >= 4 is 44.7 Å². The van der Waals surface area contributed by atoms with E-state index in [4.69, 9.17) is 5.73 Å². The maximum Gasteiger partial charge on any atom is 2.00 e. The van der Waals surface area contributed by atoms with E-state index >= 15 is 0 Å². The number of rotatable bonds is 0. The largest absolute Gasteiger partial charge is 2.00 e. The number of hydrogen-bond acceptors (Lipinski definition) is 1. The second-order valence-electron chi connectivity index (χ2n) is 1.56. The molecule has 0 aliphatic rings. The fourth-order valence-corrected chi connectivity index (χ4v) is 0.924. The quantitative estimate of drug-likeness (QED) is 0.411. The van der Waals surface area contributed by atoms with Gasteiger partial charge in [-0.2, -0.15) is 0 Å². The van der Waals surface area contributed by atoms with Crippen LogP contribution in [-0.4, -0.2) is 23.1 Å². The van der Waals surface area contributed by atoms with Gasteiger partial charge in [0.1, 0.15) is 0 Å². The van der Waals surface area contributed by atoms with Gasteiger partial charge in [0, 0.05) is 10.2 Å². The molecule has 0 fully saturated rings. The van der Waals surface area contributed by atoms with Crippen molar-refractivity contribution in [2.45, 2.75) is 0 Å². The van der Waals surface area contributed by atoms with Crippen LogP contribution in [0.25, 0.3) is 0 Å². The van der Waals surface area contributed by atoms with Gasteiger partial charge in [0.2, 0.25) is 0 Å². The topological polar surface area (TPSA) is 26.0 Å². The second-order valence-corrected chi connectivity index (χ2v) is 2.47. The van der Waals surface area contributed by atoms with Crippen LogP contribution in [-0.2, 0) is 0 Å². The number of nitrogens with two attached hydrogens (primary N) is 1. The summed E-state index contributed by atoms with van der Waals surface area (Å²) >= 11 is 3.28. The van der Waals surface area contributed by atoms with Gasteiger partial charge in [-0.05, 0) is 18.2 Å². The zero-order valence-corrected chi connectivity index (χ0v) is 9.97. The maximum absolute atomic E-state index is 5.43. The predicted molar refractivity (Wildman–Crippen MR) is 57.1 cm³/mol. The van der Waals surface area contributed by atoms with Crippen LogP contribution in [0.4, 0.5) is 5.69 Å². The SMILES string of the molecule is Nc1cccc(Br)c1.[CH3-].[CH3-].[Mg+2]. The molecule has 1 aromatic rings. The molecule has 11 heavy (non-hydrogen) atoms. The summed E-state index contributed by atoms with van der Waals surface area (Å²) in [6.07, 6.45) is 0. The summed E-state index contributed by atoms with van der Waals surface area (Å²) in [5.41, 5.74) is 6.22. The van der Waals surface area contributed by atoms with Crippen molar-refractivity contribution in [1.82, 2.24) is 0 Å². The molecule has 0 radical (unpaired) electrons. The van der Waals surface area contributed by atoms with Gasteiger partial charge >= 0.3 is 23.1 Å². The van der Waals surface area contributed by atoms with E-state index in [0.717, 1.165) is 10.2 Å². The third-order valence-electron chi connectivity index (χ3n) is 0.849. The van der Waals surface area contributed by atoms with Gasteiger partial charge in [-0.15, -0.1) is 0 Å². The molecule has 2 N–H and O–H groups in total.